The molecule has 0 amide bonds. The van der Waals surface area contributed by atoms with Crippen LogP contribution in [0.3, 0.4) is 0 Å². The second-order valence-corrected chi connectivity index (χ2v) is 8.06. The van der Waals surface area contributed by atoms with Gasteiger partial charge < -0.3 is 14.3 Å². The minimum atomic E-state index is -0.350. The molecule has 0 fully saturated rings. The molecule has 148 valence electrons. The molecule has 0 atom stereocenters. The van der Waals surface area contributed by atoms with Crippen LogP contribution in [0.5, 0.6) is 5.75 Å². The zero-order valence-electron chi connectivity index (χ0n) is 16.2. The number of fused-ring (bicyclic) bond motifs is 1. The van der Waals surface area contributed by atoms with E-state index < -0.39 is 0 Å². The molecule has 29 heavy (non-hydrogen) atoms. The van der Waals surface area contributed by atoms with Gasteiger partial charge in [-0.3, -0.25) is 4.79 Å². The molecule has 1 N–H and O–H groups in total. The van der Waals surface area contributed by atoms with E-state index in [0.717, 1.165) is 27.2 Å². The summed E-state index contributed by atoms with van der Waals surface area (Å²) in [6.07, 6.45) is 1.62. The van der Waals surface area contributed by atoms with Crippen LogP contribution in [0.4, 0.5) is 0 Å². The van der Waals surface area contributed by atoms with Crippen molar-refractivity contribution in [1.29, 1.82) is 0 Å². The maximum Gasteiger partial charge on any atom is 0.310 e. The van der Waals surface area contributed by atoms with Gasteiger partial charge in [0.05, 0.1) is 18.4 Å². The molecule has 2 aromatic heterocycles. The van der Waals surface area contributed by atoms with Gasteiger partial charge in [-0.25, -0.2) is 4.98 Å². The lowest BCUT2D eigenvalue weighted by Gasteiger charge is -2.05. The van der Waals surface area contributed by atoms with Gasteiger partial charge in [0.2, 0.25) is 0 Å². The highest BCUT2D eigenvalue weighted by Gasteiger charge is 2.13. The number of rotatable bonds is 6. The summed E-state index contributed by atoms with van der Waals surface area (Å²) in [7, 11) is 0. The number of furan rings is 1. The third-order valence-corrected chi connectivity index (χ3v) is 5.67. The molecular formula is C23H21NO4S. The van der Waals surface area contributed by atoms with Crippen molar-refractivity contribution in [2.45, 2.75) is 32.8 Å². The van der Waals surface area contributed by atoms with Gasteiger partial charge in [0.15, 0.2) is 0 Å². The van der Waals surface area contributed by atoms with Crippen LogP contribution in [-0.4, -0.2) is 16.1 Å². The van der Waals surface area contributed by atoms with E-state index in [1.165, 1.54) is 29.2 Å². The Labute approximate surface area is 172 Å². The second kappa shape index (κ2) is 8.09. The zero-order valence-corrected chi connectivity index (χ0v) is 17.0. The van der Waals surface area contributed by atoms with Crippen LogP contribution in [0.1, 0.15) is 36.6 Å². The highest BCUT2D eigenvalue weighted by molar-refractivity contribution is 7.13. The minimum absolute atomic E-state index is 0.103. The standard InChI is InChI=1S/C23H21NO4S/c1-14(2)15-3-5-16(6-4-15)23-24-18(13-29-23)12-28-22(26)9-17-11-27-21-10-19(25)7-8-20(17)21/h3-8,10-11,13-14,25H,9,12H2,1-2H3. The Morgan fingerprint density at radius 3 is 2.76 bits per heavy atom. The predicted molar refractivity (Wildman–Crippen MR) is 113 cm³/mol. The molecule has 4 rings (SSSR count). The Kier molecular flexibility index (Phi) is 5.36. The number of aromatic hydroxyl groups is 1. The van der Waals surface area contributed by atoms with Gasteiger partial charge in [-0.1, -0.05) is 38.1 Å². The second-order valence-electron chi connectivity index (χ2n) is 7.20. The van der Waals surface area contributed by atoms with Crippen LogP contribution in [0.25, 0.3) is 21.5 Å². The normalized spacial score (nSPS) is 11.3. The Morgan fingerprint density at radius 2 is 2.00 bits per heavy atom. The average Bonchev–Trinajstić information content (AvgIpc) is 3.33. The average molecular weight is 407 g/mol. The van der Waals surface area contributed by atoms with E-state index in [1.54, 1.807) is 12.1 Å². The van der Waals surface area contributed by atoms with Crippen LogP contribution >= 0.6 is 11.3 Å². The van der Waals surface area contributed by atoms with E-state index in [1.807, 2.05) is 5.38 Å². The quantitative estimate of drug-likeness (QED) is 0.417. The molecule has 0 aliphatic rings. The van der Waals surface area contributed by atoms with E-state index in [9.17, 15) is 9.90 Å². The lowest BCUT2D eigenvalue weighted by molar-refractivity contribution is -0.144. The van der Waals surface area contributed by atoms with Crippen molar-refractivity contribution < 1.29 is 19.1 Å². The van der Waals surface area contributed by atoms with Crippen molar-refractivity contribution >= 4 is 28.3 Å². The van der Waals surface area contributed by atoms with Crippen LogP contribution in [0.15, 0.2) is 58.5 Å². The SMILES string of the molecule is CC(C)c1ccc(-c2nc(COC(=O)Cc3coc4cc(O)ccc34)cs2)cc1. The molecule has 0 bridgehead atoms. The summed E-state index contributed by atoms with van der Waals surface area (Å²) in [5.74, 6) is 0.268. The summed E-state index contributed by atoms with van der Waals surface area (Å²) in [5, 5.41) is 13.1. The maximum atomic E-state index is 12.2. The first-order valence-corrected chi connectivity index (χ1v) is 10.3. The number of thiazole rings is 1. The van der Waals surface area contributed by atoms with E-state index in [2.05, 4.69) is 43.1 Å². The number of phenolic OH excluding ortho intramolecular Hbond substituents is 1. The molecule has 2 aromatic carbocycles. The molecule has 0 aliphatic heterocycles. The number of aromatic nitrogens is 1. The largest absolute Gasteiger partial charge is 0.508 e. The van der Waals surface area contributed by atoms with Gasteiger partial charge >= 0.3 is 5.97 Å². The number of phenols is 1. The fourth-order valence-electron chi connectivity index (χ4n) is 3.09. The molecule has 5 nitrogen and oxygen atoms in total. The van der Waals surface area contributed by atoms with Crippen molar-refractivity contribution in [3.63, 3.8) is 0 Å². The third kappa shape index (κ3) is 4.32. The first kappa shape index (κ1) is 19.2. The van der Waals surface area contributed by atoms with Crippen LogP contribution in [0, 0.1) is 0 Å². The summed E-state index contributed by atoms with van der Waals surface area (Å²) in [5.41, 5.74) is 4.36. The van der Waals surface area contributed by atoms with Crippen molar-refractivity contribution in [2.75, 3.05) is 0 Å². The molecule has 0 saturated heterocycles. The summed E-state index contributed by atoms with van der Waals surface area (Å²) in [6, 6.07) is 13.2. The van der Waals surface area contributed by atoms with Crippen molar-refractivity contribution in [3.8, 4) is 16.3 Å². The summed E-state index contributed by atoms with van der Waals surface area (Å²) < 4.78 is 10.8. The lowest BCUT2D eigenvalue weighted by Crippen LogP contribution is -2.07. The molecule has 0 aliphatic carbocycles. The van der Waals surface area contributed by atoms with Gasteiger partial charge in [0, 0.05) is 28.0 Å². The fraction of sp³-hybridized carbons (Fsp3) is 0.217. The Hall–Kier alpha value is -3.12. The Morgan fingerprint density at radius 1 is 1.21 bits per heavy atom. The number of benzene rings is 2. The fourth-order valence-corrected chi connectivity index (χ4v) is 3.90. The summed E-state index contributed by atoms with van der Waals surface area (Å²) in [6.45, 7) is 4.47. The highest BCUT2D eigenvalue weighted by Crippen LogP contribution is 2.27. The third-order valence-electron chi connectivity index (χ3n) is 4.73. The number of hydrogen-bond donors (Lipinski definition) is 1. The monoisotopic (exact) mass is 407 g/mol. The topological polar surface area (TPSA) is 72.6 Å². The smallest absolute Gasteiger partial charge is 0.310 e. The molecule has 2 heterocycles. The van der Waals surface area contributed by atoms with Gasteiger partial charge in [0.25, 0.3) is 0 Å². The van der Waals surface area contributed by atoms with E-state index in [4.69, 9.17) is 9.15 Å². The molecular weight excluding hydrogens is 386 g/mol. The molecule has 0 saturated carbocycles. The van der Waals surface area contributed by atoms with Crippen LogP contribution in [0.2, 0.25) is 0 Å². The Bertz CT molecular complexity index is 1140. The van der Waals surface area contributed by atoms with Gasteiger partial charge in [-0.15, -0.1) is 11.3 Å². The number of ether oxygens (including phenoxy) is 1. The summed E-state index contributed by atoms with van der Waals surface area (Å²) in [4.78, 5) is 16.8. The van der Waals surface area contributed by atoms with Gasteiger partial charge in [-0.05, 0) is 23.6 Å². The molecule has 4 aromatic rings. The highest BCUT2D eigenvalue weighted by atomic mass is 32.1. The Balaban J connectivity index is 1.37. The number of carbonyl (C=O) groups excluding carboxylic acids is 1. The van der Waals surface area contributed by atoms with Crippen LogP contribution in [-0.2, 0) is 22.6 Å². The number of esters is 1. The predicted octanol–water partition coefficient (Wildman–Crippen LogP) is 5.67. The van der Waals surface area contributed by atoms with E-state index in [-0.39, 0.29) is 24.7 Å². The van der Waals surface area contributed by atoms with E-state index in [0.29, 0.717) is 11.5 Å². The minimum Gasteiger partial charge on any atom is -0.508 e. The lowest BCUT2D eigenvalue weighted by atomic mass is 10.0. The maximum absolute atomic E-state index is 12.2. The zero-order chi connectivity index (χ0) is 20.4. The van der Waals surface area contributed by atoms with E-state index >= 15 is 0 Å². The van der Waals surface area contributed by atoms with Crippen molar-refractivity contribution in [3.05, 3.63) is 70.9 Å². The molecule has 6 heteroatoms. The number of carbonyl (C=O) groups is 1. The first-order valence-electron chi connectivity index (χ1n) is 9.39. The number of hydrogen-bond acceptors (Lipinski definition) is 6. The van der Waals surface area contributed by atoms with Gasteiger partial charge in [-0.2, -0.15) is 0 Å². The molecule has 0 spiro atoms. The first-order chi connectivity index (χ1) is 14.0. The molecule has 0 unspecified atom stereocenters. The van der Waals surface area contributed by atoms with Crippen LogP contribution < -0.4 is 0 Å². The summed E-state index contributed by atoms with van der Waals surface area (Å²) >= 11 is 1.54. The van der Waals surface area contributed by atoms with Crippen molar-refractivity contribution in [2.24, 2.45) is 0 Å². The molecule has 0 radical (unpaired) electrons. The number of nitrogens with zero attached hydrogens (tertiary/aromatic N) is 1. The van der Waals surface area contributed by atoms with Gasteiger partial charge in [0.1, 0.15) is 22.9 Å². The van der Waals surface area contributed by atoms with Crippen molar-refractivity contribution in [1.82, 2.24) is 4.98 Å².